The Kier molecular flexibility index (Phi) is 17.2. The lowest BCUT2D eigenvalue weighted by Crippen LogP contribution is -1.79. The topological polar surface area (TPSA) is 0 Å². The molecule has 0 aliphatic rings. The van der Waals surface area contributed by atoms with E-state index in [1.54, 1.807) is 0 Å². The largest absolute Gasteiger partial charge is 0.0841 e. The standard InChI is InChI=1S/C9H12.C8H9Cl.C8H10.C7H7Cl.C7H8/c1-7-4-5-8(2)9(3)6-7;1-6-3-4-7(2)8(9)5-6;1-7-5-3-4-6-8(7)2;1-6-4-2-3-5-7(6)8;1-7-5-3-2-4-6-7/h4-6H,1-3H3;3-5H,1-2H3;3-6H,1-2H3;2-5H,1H3;2-6H,1H3. The van der Waals surface area contributed by atoms with Crippen LogP contribution >= 0.6 is 23.2 Å². The van der Waals surface area contributed by atoms with Gasteiger partial charge in [-0.2, -0.15) is 0 Å². The zero-order chi connectivity index (χ0) is 30.8. The highest BCUT2D eigenvalue weighted by Crippen LogP contribution is 2.15. The monoisotopic (exact) mass is 584 g/mol. The lowest BCUT2D eigenvalue weighted by Gasteiger charge is -1.98. The van der Waals surface area contributed by atoms with Crippen LogP contribution in [0.15, 0.2) is 115 Å². The molecule has 0 bridgehead atoms. The van der Waals surface area contributed by atoms with Crippen LogP contribution in [-0.4, -0.2) is 0 Å². The minimum absolute atomic E-state index is 0.840. The van der Waals surface area contributed by atoms with Gasteiger partial charge in [-0.15, -0.1) is 0 Å². The molecule has 0 unspecified atom stereocenters. The van der Waals surface area contributed by atoms with Crippen molar-refractivity contribution in [2.45, 2.75) is 62.3 Å². The van der Waals surface area contributed by atoms with Gasteiger partial charge in [-0.05, 0) is 113 Å². The highest BCUT2D eigenvalue weighted by atomic mass is 35.5. The maximum absolute atomic E-state index is 5.81. The first-order valence-electron chi connectivity index (χ1n) is 13.9. The fraction of sp³-hybridized carbons (Fsp3) is 0.231. The van der Waals surface area contributed by atoms with Crippen molar-refractivity contribution in [3.05, 3.63) is 175 Å². The van der Waals surface area contributed by atoms with Crippen molar-refractivity contribution in [1.29, 1.82) is 0 Å². The lowest BCUT2D eigenvalue weighted by molar-refractivity contribution is 1.30. The van der Waals surface area contributed by atoms with Crippen molar-refractivity contribution < 1.29 is 0 Å². The van der Waals surface area contributed by atoms with Gasteiger partial charge in [0.05, 0.1) is 0 Å². The number of aryl methyl sites for hydroxylation is 9. The van der Waals surface area contributed by atoms with Gasteiger partial charge < -0.3 is 0 Å². The lowest BCUT2D eigenvalue weighted by atomic mass is 10.1. The predicted octanol–water partition coefficient (Wildman–Crippen LogP) is 12.5. The molecule has 0 fully saturated rings. The molecule has 216 valence electrons. The number of benzene rings is 5. The molecular weight excluding hydrogens is 539 g/mol. The number of halogens is 2. The molecule has 0 saturated carbocycles. The normalized spacial score (nSPS) is 9.34. The first-order valence-corrected chi connectivity index (χ1v) is 14.7. The van der Waals surface area contributed by atoms with E-state index in [0.717, 1.165) is 21.2 Å². The highest BCUT2D eigenvalue weighted by molar-refractivity contribution is 6.31. The third kappa shape index (κ3) is 15.9. The second kappa shape index (κ2) is 19.7. The molecule has 5 rings (SSSR count). The molecule has 0 radical (unpaired) electrons. The number of rotatable bonds is 0. The Balaban J connectivity index is 0.000000257. The summed E-state index contributed by atoms with van der Waals surface area (Å²) in [5, 5.41) is 1.70. The van der Waals surface area contributed by atoms with Crippen LogP contribution in [0.1, 0.15) is 50.1 Å². The minimum atomic E-state index is 0.840. The molecule has 0 nitrogen and oxygen atoms in total. The van der Waals surface area contributed by atoms with Gasteiger partial charge in [0.15, 0.2) is 0 Å². The summed E-state index contributed by atoms with van der Waals surface area (Å²) in [4.78, 5) is 0. The van der Waals surface area contributed by atoms with Gasteiger partial charge in [0.2, 0.25) is 0 Å². The van der Waals surface area contributed by atoms with Gasteiger partial charge in [-0.25, -0.2) is 0 Å². The first-order chi connectivity index (χ1) is 19.4. The quantitative estimate of drug-likeness (QED) is 0.170. The average molecular weight is 586 g/mol. The average Bonchev–Trinajstić information content (AvgIpc) is 2.94. The van der Waals surface area contributed by atoms with E-state index in [9.17, 15) is 0 Å². The molecule has 5 aromatic carbocycles. The second-order valence-corrected chi connectivity index (χ2v) is 11.1. The Hall–Kier alpha value is -3.32. The van der Waals surface area contributed by atoms with Crippen molar-refractivity contribution in [2.75, 3.05) is 0 Å². The highest BCUT2D eigenvalue weighted by Gasteiger charge is 1.92. The molecule has 5 aromatic rings. The van der Waals surface area contributed by atoms with Gasteiger partial charge >= 0.3 is 0 Å². The maximum Gasteiger partial charge on any atom is 0.0437 e. The molecule has 0 aromatic heterocycles. The Labute approximate surface area is 260 Å². The van der Waals surface area contributed by atoms with E-state index in [2.05, 4.69) is 102 Å². The molecule has 41 heavy (non-hydrogen) atoms. The zero-order valence-corrected chi connectivity index (χ0v) is 27.7. The molecule has 0 saturated heterocycles. The zero-order valence-electron chi connectivity index (χ0n) is 26.2. The van der Waals surface area contributed by atoms with Gasteiger partial charge in [-0.3, -0.25) is 0 Å². The number of hydrogen-bond donors (Lipinski definition) is 0. The summed E-state index contributed by atoms with van der Waals surface area (Å²) < 4.78 is 0. The van der Waals surface area contributed by atoms with E-state index < -0.39 is 0 Å². The van der Waals surface area contributed by atoms with E-state index in [1.165, 1.54) is 38.9 Å². The van der Waals surface area contributed by atoms with E-state index in [1.807, 2.05) is 75.4 Å². The Morgan fingerprint density at radius 3 is 1.00 bits per heavy atom. The van der Waals surface area contributed by atoms with Crippen LogP contribution in [0.4, 0.5) is 0 Å². The van der Waals surface area contributed by atoms with Crippen molar-refractivity contribution in [3.63, 3.8) is 0 Å². The minimum Gasteiger partial charge on any atom is -0.0841 e. The van der Waals surface area contributed by atoms with Crippen LogP contribution in [0.2, 0.25) is 10.0 Å². The molecule has 0 atom stereocenters. The summed E-state index contributed by atoms with van der Waals surface area (Å²) in [6.45, 7) is 18.7. The number of hydrogen-bond acceptors (Lipinski definition) is 0. The first kappa shape index (κ1) is 35.7. The summed E-state index contributed by atoms with van der Waals surface area (Å²) in [7, 11) is 0. The van der Waals surface area contributed by atoms with Crippen molar-refractivity contribution in [3.8, 4) is 0 Å². The second-order valence-electron chi connectivity index (χ2n) is 10.3. The summed E-state index contributed by atoms with van der Waals surface area (Å²) in [5.74, 6) is 0. The smallest absolute Gasteiger partial charge is 0.0437 e. The summed E-state index contributed by atoms with van der Waals surface area (Å²) in [6, 6.07) is 38.9. The fourth-order valence-corrected chi connectivity index (χ4v) is 3.71. The Bertz CT molecular complexity index is 1300. The van der Waals surface area contributed by atoms with Crippen molar-refractivity contribution in [2.24, 2.45) is 0 Å². The van der Waals surface area contributed by atoms with Gasteiger partial charge in [0.1, 0.15) is 0 Å². The summed E-state index contributed by atoms with van der Waals surface area (Å²) in [6.07, 6.45) is 0. The van der Waals surface area contributed by atoms with Crippen LogP contribution in [0.3, 0.4) is 0 Å². The third-order valence-electron chi connectivity index (χ3n) is 6.43. The van der Waals surface area contributed by atoms with Gasteiger partial charge in [-0.1, -0.05) is 137 Å². The maximum atomic E-state index is 5.81. The van der Waals surface area contributed by atoms with Crippen molar-refractivity contribution >= 4 is 23.2 Å². The predicted molar refractivity (Wildman–Crippen MR) is 185 cm³/mol. The van der Waals surface area contributed by atoms with Crippen LogP contribution < -0.4 is 0 Å². The molecule has 0 N–H and O–H groups in total. The molecular formula is C39H46Cl2. The van der Waals surface area contributed by atoms with E-state index in [0.29, 0.717) is 0 Å². The SMILES string of the molecule is Cc1ccc(C)c(C)c1.Cc1ccc(C)c(Cl)c1.Cc1ccccc1.Cc1ccccc1C.Cc1ccccc1Cl. The molecule has 0 spiro atoms. The van der Waals surface area contributed by atoms with Gasteiger partial charge in [0.25, 0.3) is 0 Å². The van der Waals surface area contributed by atoms with Crippen LogP contribution in [0, 0.1) is 62.3 Å². The summed E-state index contributed by atoms with van der Waals surface area (Å²) >= 11 is 11.5. The molecule has 0 aliphatic carbocycles. The van der Waals surface area contributed by atoms with Crippen LogP contribution in [0.5, 0.6) is 0 Å². The summed E-state index contributed by atoms with van der Waals surface area (Å²) in [5.41, 5.74) is 11.7. The third-order valence-corrected chi connectivity index (χ3v) is 7.26. The Morgan fingerprint density at radius 2 is 0.683 bits per heavy atom. The molecule has 2 heteroatoms. The Morgan fingerprint density at radius 1 is 0.293 bits per heavy atom. The molecule has 0 heterocycles. The van der Waals surface area contributed by atoms with Crippen LogP contribution in [0.25, 0.3) is 0 Å². The van der Waals surface area contributed by atoms with Crippen LogP contribution in [-0.2, 0) is 0 Å². The molecule has 0 amide bonds. The van der Waals surface area contributed by atoms with E-state index >= 15 is 0 Å². The molecule has 0 aliphatic heterocycles. The van der Waals surface area contributed by atoms with E-state index in [-0.39, 0.29) is 0 Å². The van der Waals surface area contributed by atoms with E-state index in [4.69, 9.17) is 23.2 Å². The van der Waals surface area contributed by atoms with Gasteiger partial charge in [0, 0.05) is 10.0 Å². The van der Waals surface area contributed by atoms with Crippen molar-refractivity contribution in [1.82, 2.24) is 0 Å². The fourth-order valence-electron chi connectivity index (χ4n) is 3.34.